The van der Waals surface area contributed by atoms with Crippen LogP contribution < -0.4 is 4.73 Å². The van der Waals surface area contributed by atoms with Gasteiger partial charge in [0.05, 0.1) is 0 Å². The molecule has 0 aromatic carbocycles. The second-order valence-corrected chi connectivity index (χ2v) is 2.81. The molecule has 0 radical (unpaired) electrons. The van der Waals surface area contributed by atoms with Gasteiger partial charge in [0.25, 0.3) is 0 Å². The number of pyridine rings is 1. The summed E-state index contributed by atoms with van der Waals surface area (Å²) in [5, 5.41) is 10.8. The Morgan fingerprint density at radius 3 is 2.91 bits per heavy atom. The van der Waals surface area contributed by atoms with E-state index in [0.29, 0.717) is 5.92 Å². The van der Waals surface area contributed by atoms with E-state index in [-0.39, 0.29) is 0 Å². The quantitative estimate of drug-likeness (QED) is 0.468. The zero-order valence-electron chi connectivity index (χ0n) is 6.95. The molecule has 0 fully saturated rings. The molecule has 1 aromatic rings. The van der Waals surface area contributed by atoms with Crippen molar-refractivity contribution in [2.45, 2.75) is 26.2 Å². The van der Waals surface area contributed by atoms with Gasteiger partial charge in [-0.25, -0.2) is 0 Å². The molecule has 1 atom stereocenters. The van der Waals surface area contributed by atoms with Gasteiger partial charge >= 0.3 is 0 Å². The van der Waals surface area contributed by atoms with Crippen molar-refractivity contribution >= 4 is 0 Å². The van der Waals surface area contributed by atoms with E-state index < -0.39 is 0 Å². The van der Waals surface area contributed by atoms with Gasteiger partial charge in [0.15, 0.2) is 12.4 Å². The summed E-state index contributed by atoms with van der Waals surface area (Å²) in [6.45, 7) is 4.24. The predicted molar refractivity (Wildman–Crippen MR) is 44.1 cm³/mol. The van der Waals surface area contributed by atoms with Crippen molar-refractivity contribution < 1.29 is 4.73 Å². The molecule has 2 nitrogen and oxygen atoms in total. The van der Waals surface area contributed by atoms with Crippen LogP contribution in [0.3, 0.4) is 0 Å². The summed E-state index contributed by atoms with van der Waals surface area (Å²) in [5.41, 5.74) is 1.12. The first-order chi connectivity index (χ1) is 5.24. The van der Waals surface area contributed by atoms with Gasteiger partial charge in [0.1, 0.15) is 0 Å². The zero-order chi connectivity index (χ0) is 8.27. The van der Waals surface area contributed by atoms with E-state index >= 15 is 0 Å². The molecule has 11 heavy (non-hydrogen) atoms. The Labute approximate surface area is 67.1 Å². The van der Waals surface area contributed by atoms with Crippen LogP contribution in [-0.2, 0) is 0 Å². The maximum atomic E-state index is 10.8. The molecule has 0 bridgehead atoms. The van der Waals surface area contributed by atoms with E-state index in [1.54, 1.807) is 12.3 Å². The van der Waals surface area contributed by atoms with Gasteiger partial charge in [0.2, 0.25) is 0 Å². The third-order valence-corrected chi connectivity index (χ3v) is 1.98. The largest absolute Gasteiger partial charge is 0.619 e. The van der Waals surface area contributed by atoms with Crippen LogP contribution in [0.4, 0.5) is 0 Å². The molecule has 1 rings (SSSR count). The third-order valence-electron chi connectivity index (χ3n) is 1.98. The molecule has 1 unspecified atom stereocenters. The summed E-state index contributed by atoms with van der Waals surface area (Å²) in [6.07, 6.45) is 4.21. The summed E-state index contributed by atoms with van der Waals surface area (Å²) in [7, 11) is 0. The van der Waals surface area contributed by atoms with Gasteiger partial charge in [-0.15, -0.1) is 0 Å². The highest BCUT2D eigenvalue weighted by Gasteiger charge is 2.04. The minimum atomic E-state index is 0.483. The minimum Gasteiger partial charge on any atom is -0.619 e. The first kappa shape index (κ1) is 8.05. The Bertz CT molecular complexity index is 235. The first-order valence-corrected chi connectivity index (χ1v) is 3.92. The topological polar surface area (TPSA) is 26.9 Å². The van der Waals surface area contributed by atoms with Crippen LogP contribution >= 0.6 is 0 Å². The van der Waals surface area contributed by atoms with Crippen molar-refractivity contribution in [3.63, 3.8) is 0 Å². The predicted octanol–water partition coefficient (Wildman–Crippen LogP) is 1.83. The molecule has 0 spiro atoms. The molecular weight excluding hydrogens is 138 g/mol. The van der Waals surface area contributed by atoms with Crippen molar-refractivity contribution in [3.8, 4) is 0 Å². The SMILES string of the molecule is CCC(C)c1ccc[n+]([O-])c1. The fourth-order valence-electron chi connectivity index (χ4n) is 0.999. The van der Waals surface area contributed by atoms with E-state index in [2.05, 4.69) is 13.8 Å². The van der Waals surface area contributed by atoms with Crippen LogP contribution in [0.25, 0.3) is 0 Å². The van der Waals surface area contributed by atoms with Crippen LogP contribution in [0.15, 0.2) is 24.5 Å². The molecule has 0 aliphatic heterocycles. The van der Waals surface area contributed by atoms with Crippen LogP contribution in [0.5, 0.6) is 0 Å². The lowest BCUT2D eigenvalue weighted by atomic mass is 10.0. The Kier molecular flexibility index (Phi) is 2.47. The normalized spacial score (nSPS) is 12.9. The minimum absolute atomic E-state index is 0.483. The highest BCUT2D eigenvalue weighted by atomic mass is 16.5. The van der Waals surface area contributed by atoms with Crippen molar-refractivity contribution in [2.75, 3.05) is 0 Å². The molecule has 0 saturated carbocycles. The third kappa shape index (κ3) is 1.93. The summed E-state index contributed by atoms with van der Waals surface area (Å²) < 4.78 is 0.849. The summed E-state index contributed by atoms with van der Waals surface area (Å²) in [4.78, 5) is 0. The number of rotatable bonds is 2. The lowest BCUT2D eigenvalue weighted by molar-refractivity contribution is -0.605. The van der Waals surface area contributed by atoms with Gasteiger partial charge in [0, 0.05) is 11.6 Å². The monoisotopic (exact) mass is 151 g/mol. The second kappa shape index (κ2) is 3.37. The van der Waals surface area contributed by atoms with Crippen LogP contribution in [-0.4, -0.2) is 0 Å². The highest BCUT2D eigenvalue weighted by Crippen LogP contribution is 2.15. The van der Waals surface area contributed by atoms with E-state index in [9.17, 15) is 5.21 Å². The summed E-state index contributed by atoms with van der Waals surface area (Å²) in [6, 6.07) is 3.77. The smallest absolute Gasteiger partial charge is 0.183 e. The van der Waals surface area contributed by atoms with E-state index in [1.807, 2.05) is 6.07 Å². The number of hydrogen-bond donors (Lipinski definition) is 0. The Hall–Kier alpha value is -1.05. The van der Waals surface area contributed by atoms with Crippen LogP contribution in [0.1, 0.15) is 31.7 Å². The number of nitrogens with zero attached hydrogens (tertiary/aromatic N) is 1. The fourth-order valence-corrected chi connectivity index (χ4v) is 0.999. The van der Waals surface area contributed by atoms with Gasteiger partial charge in [-0.05, 0) is 18.4 Å². The van der Waals surface area contributed by atoms with Crippen molar-refractivity contribution in [2.24, 2.45) is 0 Å². The van der Waals surface area contributed by atoms with Crippen molar-refractivity contribution in [1.82, 2.24) is 0 Å². The standard InChI is InChI=1S/C9H13NO/c1-3-8(2)9-5-4-6-10(11)7-9/h4-8H,3H2,1-2H3. The van der Waals surface area contributed by atoms with Crippen LogP contribution in [0, 0.1) is 5.21 Å². The molecule has 60 valence electrons. The molecule has 0 amide bonds. The average molecular weight is 151 g/mol. The molecular formula is C9H13NO. The summed E-state index contributed by atoms with van der Waals surface area (Å²) in [5.74, 6) is 0.483. The lowest BCUT2D eigenvalue weighted by Gasteiger charge is -2.06. The average Bonchev–Trinajstić information content (AvgIpc) is 2.03. The zero-order valence-corrected chi connectivity index (χ0v) is 6.95. The lowest BCUT2D eigenvalue weighted by Crippen LogP contribution is -2.25. The van der Waals surface area contributed by atoms with E-state index in [1.165, 1.54) is 6.20 Å². The van der Waals surface area contributed by atoms with Gasteiger partial charge in [-0.1, -0.05) is 13.8 Å². The van der Waals surface area contributed by atoms with Gasteiger partial charge < -0.3 is 5.21 Å². The second-order valence-electron chi connectivity index (χ2n) is 2.81. The van der Waals surface area contributed by atoms with E-state index in [4.69, 9.17) is 0 Å². The number of hydrogen-bond acceptors (Lipinski definition) is 1. The van der Waals surface area contributed by atoms with Crippen molar-refractivity contribution in [3.05, 3.63) is 35.3 Å². The highest BCUT2D eigenvalue weighted by molar-refractivity contribution is 5.10. The van der Waals surface area contributed by atoms with Gasteiger partial charge in [-0.3, -0.25) is 0 Å². The molecule has 0 N–H and O–H groups in total. The van der Waals surface area contributed by atoms with Crippen molar-refractivity contribution in [1.29, 1.82) is 0 Å². The molecule has 2 heteroatoms. The Balaban J connectivity index is 2.86. The summed E-state index contributed by atoms with van der Waals surface area (Å²) >= 11 is 0. The Morgan fingerprint density at radius 2 is 2.36 bits per heavy atom. The maximum absolute atomic E-state index is 10.8. The van der Waals surface area contributed by atoms with Gasteiger partial charge in [-0.2, -0.15) is 4.73 Å². The fraction of sp³-hybridized carbons (Fsp3) is 0.444. The first-order valence-electron chi connectivity index (χ1n) is 3.92. The maximum Gasteiger partial charge on any atom is 0.183 e. The van der Waals surface area contributed by atoms with Crippen LogP contribution in [0.2, 0.25) is 0 Å². The molecule has 1 heterocycles. The molecule has 0 aliphatic carbocycles. The number of aromatic nitrogens is 1. The molecule has 1 aromatic heterocycles. The Morgan fingerprint density at radius 1 is 1.64 bits per heavy atom. The molecule has 0 saturated heterocycles. The molecule has 0 aliphatic rings. The van der Waals surface area contributed by atoms with E-state index in [0.717, 1.165) is 16.7 Å².